The summed E-state index contributed by atoms with van der Waals surface area (Å²) in [5.41, 5.74) is -3.15. The Labute approximate surface area is 533 Å². The maximum Gasteiger partial charge on any atom is 0.377 e. The number of amides is 3. The molecule has 12 rings (SSSR count). The monoisotopic (exact) mass is 1280 g/mol. The molecule has 2 aliphatic carbocycles. The molecular formula is C67H87N5O20. The number of aliphatic hydroxyl groups excluding tert-OH is 5. The van der Waals surface area contributed by atoms with Gasteiger partial charge in [0.2, 0.25) is 29.6 Å². The zero-order valence-electron chi connectivity index (χ0n) is 53.3. The van der Waals surface area contributed by atoms with Crippen LogP contribution in [0, 0.1) is 35.0 Å². The van der Waals surface area contributed by atoms with Crippen LogP contribution in [0.25, 0.3) is 10.9 Å². The number of nitrogens with one attached hydrogen (secondary N) is 2. The molecular weight excluding hydrogens is 1190 g/mol. The molecule has 9 aliphatic rings. The van der Waals surface area contributed by atoms with E-state index in [0.717, 1.165) is 22.9 Å². The number of piperidine rings is 2. The molecule has 2 bridgehead atoms. The van der Waals surface area contributed by atoms with E-state index in [1.54, 1.807) is 6.07 Å². The lowest BCUT2D eigenvalue weighted by Gasteiger charge is -2.63. The number of anilines is 1. The van der Waals surface area contributed by atoms with Gasteiger partial charge >= 0.3 is 23.9 Å². The number of aliphatic hydroxyl groups is 7. The molecule has 25 heteroatoms. The van der Waals surface area contributed by atoms with Crippen molar-refractivity contribution in [2.75, 3.05) is 65.6 Å². The zero-order chi connectivity index (χ0) is 66.7. The van der Waals surface area contributed by atoms with Gasteiger partial charge in [-0.25, -0.2) is 9.59 Å². The van der Waals surface area contributed by atoms with E-state index in [4.69, 9.17) is 39.4 Å². The third kappa shape index (κ3) is 11.1. The number of ketones is 1. The Morgan fingerprint density at radius 2 is 1.60 bits per heavy atom. The number of ether oxygens (including phenoxy) is 5. The number of carbonyl (C=O) groups excluding carboxylic acids is 8. The fourth-order valence-corrected chi connectivity index (χ4v) is 17.8. The third-order valence-electron chi connectivity index (χ3n) is 21.5. The summed E-state index contributed by atoms with van der Waals surface area (Å²) in [6.45, 7) is 11.5. The van der Waals surface area contributed by atoms with Crippen molar-refractivity contribution in [3.63, 3.8) is 0 Å². The minimum absolute atomic E-state index is 0.00492. The highest BCUT2D eigenvalue weighted by Crippen LogP contribution is 2.68. The molecule has 500 valence electrons. The highest BCUT2D eigenvalue weighted by molar-refractivity contribution is 5.98. The summed E-state index contributed by atoms with van der Waals surface area (Å²) >= 11 is 0. The van der Waals surface area contributed by atoms with Crippen molar-refractivity contribution in [3.8, 4) is 5.75 Å². The van der Waals surface area contributed by atoms with E-state index >= 15 is 4.79 Å². The van der Waals surface area contributed by atoms with Gasteiger partial charge in [0.05, 0.1) is 51.4 Å². The molecule has 3 aromatic rings. The molecule has 25 nitrogen and oxygen atoms in total. The molecule has 2 saturated carbocycles. The number of fused-ring (bicyclic) bond motifs is 6. The van der Waals surface area contributed by atoms with Crippen LogP contribution < -0.4 is 15.0 Å². The van der Waals surface area contributed by atoms with Crippen LogP contribution in [0.5, 0.6) is 5.75 Å². The third-order valence-corrected chi connectivity index (χ3v) is 21.5. The summed E-state index contributed by atoms with van der Waals surface area (Å²) in [6, 6.07) is 9.97. The maximum absolute atomic E-state index is 15.3. The molecule has 1 aromatic heterocycles. The topological polar surface area (TPSA) is 362 Å². The summed E-state index contributed by atoms with van der Waals surface area (Å²) in [6.07, 6.45) is 4.78. The summed E-state index contributed by atoms with van der Waals surface area (Å²) in [5, 5.41) is 73.9. The second-order valence-electron chi connectivity index (χ2n) is 27.0. The van der Waals surface area contributed by atoms with Crippen molar-refractivity contribution in [3.05, 3.63) is 82.5 Å². The molecule has 92 heavy (non-hydrogen) atoms. The van der Waals surface area contributed by atoms with Crippen LogP contribution in [-0.4, -0.2) is 207 Å². The SMILES string of the molecule is CC[C@]1(O)C[C@H]2C[N@](CCc3c([nH]c4ccccc34)[C@@](C(=O)OC)(c3cc4c(cc3OC)N(C=O)[C@H]3[C@@](O)(C(=O)OC)[C@H](OC(C)=O)[C@]5(CC)C=CCN6CC[C@]43[C@@H]65)C2)C1.C[C@@H]1C[C@@H]([C@H](O)CC2CC(=O)NC(=O)C2)C(=O)[C@@H](C)C1.O=C1O[C@H]([C@H](O)CO)C(O)=C1O. The number of nitrogens with zero attached hydrogens (tertiary/aromatic N) is 3. The van der Waals surface area contributed by atoms with Crippen LogP contribution in [-0.2, 0) is 74.6 Å². The number of benzene rings is 2. The average Bonchev–Trinajstić information content (AvgIpc) is 1.45. The number of para-hydroxylation sites is 1. The van der Waals surface area contributed by atoms with Crippen LogP contribution in [0.2, 0.25) is 0 Å². The number of carbonyl (C=O) groups is 8. The first-order valence-electron chi connectivity index (χ1n) is 31.9. The molecule has 9 N–H and O–H groups in total. The van der Waals surface area contributed by atoms with E-state index < -0.39 is 106 Å². The van der Waals surface area contributed by atoms with Crippen molar-refractivity contribution < 1.29 is 97.8 Å². The first-order valence-corrected chi connectivity index (χ1v) is 31.9. The number of aromatic amines is 1. The predicted octanol–water partition coefficient (Wildman–Crippen LogP) is 3.15. The Bertz CT molecular complexity index is 3460. The van der Waals surface area contributed by atoms with E-state index in [1.807, 2.05) is 57.2 Å². The number of imide groups is 1. The van der Waals surface area contributed by atoms with E-state index in [2.05, 4.69) is 37.8 Å². The number of aromatic nitrogens is 1. The lowest BCUT2D eigenvalue weighted by Crippen LogP contribution is -2.81. The second-order valence-corrected chi connectivity index (χ2v) is 27.0. The lowest BCUT2D eigenvalue weighted by atomic mass is 9.47. The number of methoxy groups -OCH3 is 3. The highest BCUT2D eigenvalue weighted by atomic mass is 16.6. The van der Waals surface area contributed by atoms with Gasteiger partial charge in [-0.3, -0.25) is 43.9 Å². The van der Waals surface area contributed by atoms with Crippen LogP contribution in [0.3, 0.4) is 0 Å². The fraction of sp³-hybridized carbons (Fsp3) is 0.612. The van der Waals surface area contributed by atoms with Gasteiger partial charge in [-0.2, -0.15) is 0 Å². The Morgan fingerprint density at radius 1 is 0.891 bits per heavy atom. The molecule has 7 aliphatic heterocycles. The molecule has 2 aromatic carbocycles. The van der Waals surface area contributed by atoms with Crippen LogP contribution in [0.4, 0.5) is 5.69 Å². The highest BCUT2D eigenvalue weighted by Gasteiger charge is 2.81. The summed E-state index contributed by atoms with van der Waals surface area (Å²) in [7, 11) is 4.09. The zero-order valence-corrected chi connectivity index (χ0v) is 53.3. The van der Waals surface area contributed by atoms with Crippen molar-refractivity contribution in [1.82, 2.24) is 20.1 Å². The van der Waals surface area contributed by atoms with Crippen LogP contribution in [0.1, 0.15) is 121 Å². The standard InChI is InChI=1S/C46H56N4O10.C15H23NO4.C6H8O6/c1-7-42(55)22-28-23-45(40(53)58-5,36-30(14-18-48(24-28)25-42)29-12-9-10-13-33(29)47-36)32-20-31-34(21-35(32)57-4)50(26-51)38-44(31)16-19-49-17-11-15-43(8-2,37(44)49)39(60-27(3)52)46(38,56)41(54)59-6;1-8-3-9(2)15(20)11(4-8)12(17)5-10-6-13(18)16-14(19)7-10;7-1-2(8)5-3(9)4(10)6(11)12-5/h9-13,15,20-21,26,28,37-39,47,55-56H,7-8,14,16-19,22-25H2,1-6H3;8-12,17H,3-7H2,1-2H3,(H,16,18,19);2,5,7-10H,1H2/t28-,37+,38-,39-,42+,43-,44-,45+,46+;8-,9-,11-,12+;2-,5-/m101/s1. The maximum atomic E-state index is 15.3. The number of rotatable bonds is 13. The minimum Gasteiger partial charge on any atom is -0.505 e. The second kappa shape index (κ2) is 25.9. The number of cyclic esters (lactones) is 1. The number of esters is 4. The van der Waals surface area contributed by atoms with E-state index in [1.165, 1.54) is 33.2 Å². The number of hydrogen-bond acceptors (Lipinski definition) is 22. The van der Waals surface area contributed by atoms with Crippen molar-refractivity contribution in [2.24, 2.45) is 35.0 Å². The first-order chi connectivity index (χ1) is 43.7. The number of Topliss-reactive ketones (excluding diaryl/α,β-unsaturated/α-hetero) is 1. The van der Waals surface area contributed by atoms with Gasteiger partial charge in [-0.1, -0.05) is 58.0 Å². The smallest absolute Gasteiger partial charge is 0.377 e. The Hall–Kier alpha value is -7.26. The average molecular weight is 1280 g/mol. The summed E-state index contributed by atoms with van der Waals surface area (Å²) < 4.78 is 28.0. The van der Waals surface area contributed by atoms with Gasteiger partial charge in [0.1, 0.15) is 23.1 Å². The van der Waals surface area contributed by atoms with Crippen molar-refractivity contribution >= 4 is 64.5 Å². The molecule has 5 fully saturated rings. The van der Waals surface area contributed by atoms with Gasteiger partial charge in [0, 0.05) is 103 Å². The van der Waals surface area contributed by atoms with Gasteiger partial charge in [0.15, 0.2) is 18.0 Å². The molecule has 8 heterocycles. The molecule has 3 saturated heterocycles. The van der Waals surface area contributed by atoms with Gasteiger partial charge in [0.25, 0.3) is 0 Å². The fourth-order valence-electron chi connectivity index (χ4n) is 17.8. The minimum atomic E-state index is -2.53. The van der Waals surface area contributed by atoms with E-state index in [9.17, 15) is 48.9 Å². The molecule has 3 amide bonds. The molecule has 0 radical (unpaired) electrons. The van der Waals surface area contributed by atoms with E-state index in [0.29, 0.717) is 118 Å². The molecule has 0 unspecified atom stereocenters. The Balaban J connectivity index is 0.000000236. The quantitative estimate of drug-likeness (QED) is 0.0390. The largest absolute Gasteiger partial charge is 0.505 e. The first kappa shape index (κ1) is 67.6. The van der Waals surface area contributed by atoms with Crippen LogP contribution in [0.15, 0.2) is 60.1 Å². The van der Waals surface area contributed by atoms with Crippen molar-refractivity contribution in [1.29, 1.82) is 0 Å². The van der Waals surface area contributed by atoms with Gasteiger partial charge in [-0.15, -0.1) is 0 Å². The van der Waals surface area contributed by atoms with Gasteiger partial charge < -0.3 is 69.3 Å². The van der Waals surface area contributed by atoms with Crippen molar-refractivity contribution in [2.45, 2.75) is 164 Å². The van der Waals surface area contributed by atoms with Gasteiger partial charge in [-0.05, 0) is 105 Å². The van der Waals surface area contributed by atoms with Crippen LogP contribution >= 0.6 is 0 Å². The lowest BCUT2D eigenvalue weighted by molar-refractivity contribution is -0.228. The predicted molar refractivity (Wildman–Crippen MR) is 328 cm³/mol. The van der Waals surface area contributed by atoms with E-state index in [-0.39, 0.29) is 60.5 Å². The summed E-state index contributed by atoms with van der Waals surface area (Å²) in [4.78, 5) is 112. The normalized spacial score (nSPS) is 34.5. The number of hydrogen-bond donors (Lipinski definition) is 9. The Kier molecular flexibility index (Phi) is 19.0. The Morgan fingerprint density at radius 3 is 2.22 bits per heavy atom. The molecule has 16 atom stereocenters. The summed E-state index contributed by atoms with van der Waals surface area (Å²) in [5.74, 6) is -5.34. The number of H-pyrrole nitrogens is 1. The molecule has 1 spiro atoms.